The smallest absolute Gasteiger partial charge is 0.207 e. The molecule has 0 atom stereocenters. The van der Waals surface area contributed by atoms with E-state index in [0.717, 1.165) is 21.2 Å². The molecule has 0 aliphatic rings. The van der Waals surface area contributed by atoms with Gasteiger partial charge in [0.2, 0.25) is 10.0 Å². The summed E-state index contributed by atoms with van der Waals surface area (Å²) >= 11 is 3.37. The van der Waals surface area contributed by atoms with E-state index in [-0.39, 0.29) is 0 Å². The molecule has 112 valence electrons. The fourth-order valence-electron chi connectivity index (χ4n) is 2.19. The van der Waals surface area contributed by atoms with Crippen LogP contribution in [-0.4, -0.2) is 19.8 Å². The monoisotopic (exact) mass is 367 g/mol. The summed E-state index contributed by atoms with van der Waals surface area (Å²) in [6, 6.07) is 13.0. The summed E-state index contributed by atoms with van der Waals surface area (Å²) < 4.78 is 27.7. The molecule has 0 bridgehead atoms. The predicted octanol–water partition coefficient (Wildman–Crippen LogP) is 3.89. The summed E-state index contributed by atoms with van der Waals surface area (Å²) in [7, 11) is -1.87. The molecule has 2 rings (SSSR count). The van der Waals surface area contributed by atoms with Crippen LogP contribution in [0.3, 0.4) is 0 Å². The minimum atomic E-state index is -3.47. The second kappa shape index (κ2) is 6.30. The van der Waals surface area contributed by atoms with Gasteiger partial charge in [0.1, 0.15) is 0 Å². The standard InChI is InChI=1S/C16H18BrNO2S/c1-12-4-9-16(13(2)10-12)21(19,20)18(3)11-14-5-7-15(17)8-6-14/h4-10H,11H2,1-3H3. The summed E-state index contributed by atoms with van der Waals surface area (Å²) in [4.78, 5) is 0.368. The number of halogens is 1. The van der Waals surface area contributed by atoms with Gasteiger partial charge in [-0.2, -0.15) is 4.31 Å². The second-order valence-corrected chi connectivity index (χ2v) is 8.09. The normalized spacial score (nSPS) is 11.9. The maximum absolute atomic E-state index is 12.7. The fourth-order valence-corrected chi connectivity index (χ4v) is 3.81. The van der Waals surface area contributed by atoms with E-state index in [9.17, 15) is 8.42 Å². The topological polar surface area (TPSA) is 37.4 Å². The second-order valence-electron chi connectivity index (χ2n) is 5.16. The number of hydrogen-bond acceptors (Lipinski definition) is 2. The molecular formula is C16H18BrNO2S. The van der Waals surface area contributed by atoms with Crippen molar-refractivity contribution in [3.05, 3.63) is 63.6 Å². The molecule has 21 heavy (non-hydrogen) atoms. The lowest BCUT2D eigenvalue weighted by atomic mass is 10.2. The van der Waals surface area contributed by atoms with Gasteiger partial charge in [0, 0.05) is 18.1 Å². The van der Waals surface area contributed by atoms with E-state index >= 15 is 0 Å². The van der Waals surface area contributed by atoms with Gasteiger partial charge in [0.25, 0.3) is 0 Å². The van der Waals surface area contributed by atoms with Crippen molar-refractivity contribution in [2.24, 2.45) is 0 Å². The van der Waals surface area contributed by atoms with Crippen molar-refractivity contribution in [1.82, 2.24) is 4.31 Å². The van der Waals surface area contributed by atoms with Crippen molar-refractivity contribution in [3.8, 4) is 0 Å². The van der Waals surface area contributed by atoms with Crippen LogP contribution in [0.5, 0.6) is 0 Å². The highest BCUT2D eigenvalue weighted by Crippen LogP contribution is 2.22. The van der Waals surface area contributed by atoms with E-state index in [4.69, 9.17) is 0 Å². The van der Waals surface area contributed by atoms with E-state index in [2.05, 4.69) is 15.9 Å². The van der Waals surface area contributed by atoms with Gasteiger partial charge in [-0.05, 0) is 43.2 Å². The number of hydrogen-bond donors (Lipinski definition) is 0. The van der Waals surface area contributed by atoms with Crippen LogP contribution in [0.1, 0.15) is 16.7 Å². The van der Waals surface area contributed by atoms with Gasteiger partial charge < -0.3 is 0 Å². The molecule has 0 aliphatic carbocycles. The molecule has 0 unspecified atom stereocenters. The Kier molecular flexibility index (Phi) is 4.86. The number of rotatable bonds is 4. The molecule has 3 nitrogen and oxygen atoms in total. The third kappa shape index (κ3) is 3.73. The van der Waals surface area contributed by atoms with Gasteiger partial charge in [-0.15, -0.1) is 0 Å². The van der Waals surface area contributed by atoms with Crippen LogP contribution in [0, 0.1) is 13.8 Å². The van der Waals surface area contributed by atoms with Gasteiger partial charge in [-0.1, -0.05) is 45.8 Å². The molecule has 0 amide bonds. The van der Waals surface area contributed by atoms with Crippen molar-refractivity contribution >= 4 is 26.0 Å². The Balaban J connectivity index is 2.28. The summed E-state index contributed by atoms with van der Waals surface area (Å²) in [6.07, 6.45) is 0. The number of benzene rings is 2. The molecule has 0 fully saturated rings. The highest BCUT2D eigenvalue weighted by atomic mass is 79.9. The molecular weight excluding hydrogens is 350 g/mol. The van der Waals surface area contributed by atoms with E-state index in [0.29, 0.717) is 11.4 Å². The van der Waals surface area contributed by atoms with Crippen LogP contribution in [0.15, 0.2) is 51.8 Å². The van der Waals surface area contributed by atoms with Crippen molar-refractivity contribution in [2.45, 2.75) is 25.3 Å². The average Bonchev–Trinajstić information content (AvgIpc) is 2.40. The van der Waals surface area contributed by atoms with Gasteiger partial charge in [-0.3, -0.25) is 0 Å². The first-order valence-electron chi connectivity index (χ1n) is 6.59. The fraction of sp³-hybridized carbons (Fsp3) is 0.250. The van der Waals surface area contributed by atoms with E-state index < -0.39 is 10.0 Å². The Hall–Kier alpha value is -1.17. The Morgan fingerprint density at radius 3 is 2.24 bits per heavy atom. The van der Waals surface area contributed by atoms with Gasteiger partial charge in [0.05, 0.1) is 4.90 Å². The summed E-state index contributed by atoms with van der Waals surface area (Å²) in [5.41, 5.74) is 2.79. The first-order chi connectivity index (χ1) is 9.80. The highest BCUT2D eigenvalue weighted by molar-refractivity contribution is 9.10. The quantitative estimate of drug-likeness (QED) is 0.821. The number of aryl methyl sites for hydroxylation is 2. The SMILES string of the molecule is Cc1ccc(S(=O)(=O)N(C)Cc2ccc(Br)cc2)c(C)c1. The Labute approximate surface area is 134 Å². The van der Waals surface area contributed by atoms with Crippen molar-refractivity contribution < 1.29 is 8.42 Å². The largest absolute Gasteiger partial charge is 0.243 e. The molecule has 0 aliphatic heterocycles. The van der Waals surface area contributed by atoms with Gasteiger partial charge in [0.15, 0.2) is 0 Å². The van der Waals surface area contributed by atoms with E-state index in [1.807, 2.05) is 50.2 Å². The van der Waals surface area contributed by atoms with Crippen LogP contribution >= 0.6 is 15.9 Å². The van der Waals surface area contributed by atoms with Crippen molar-refractivity contribution in [2.75, 3.05) is 7.05 Å². The van der Waals surface area contributed by atoms with Crippen molar-refractivity contribution in [3.63, 3.8) is 0 Å². The molecule has 0 aromatic heterocycles. The van der Waals surface area contributed by atoms with Crippen LogP contribution in [-0.2, 0) is 16.6 Å². The van der Waals surface area contributed by atoms with Crippen molar-refractivity contribution in [1.29, 1.82) is 0 Å². The number of sulfonamides is 1. The minimum absolute atomic E-state index is 0.350. The van der Waals surface area contributed by atoms with Gasteiger partial charge >= 0.3 is 0 Å². The zero-order valence-corrected chi connectivity index (χ0v) is 14.7. The summed E-state index contributed by atoms with van der Waals surface area (Å²) in [6.45, 7) is 4.13. The molecule has 0 heterocycles. The molecule has 0 saturated carbocycles. The third-order valence-electron chi connectivity index (χ3n) is 3.34. The average molecular weight is 368 g/mol. The zero-order chi connectivity index (χ0) is 15.6. The molecule has 2 aromatic rings. The Morgan fingerprint density at radius 1 is 1.05 bits per heavy atom. The highest BCUT2D eigenvalue weighted by Gasteiger charge is 2.22. The minimum Gasteiger partial charge on any atom is -0.207 e. The Morgan fingerprint density at radius 2 is 1.67 bits per heavy atom. The maximum Gasteiger partial charge on any atom is 0.243 e. The first kappa shape index (κ1) is 16.2. The van der Waals surface area contributed by atoms with E-state index in [1.54, 1.807) is 13.1 Å². The third-order valence-corrected chi connectivity index (χ3v) is 5.83. The van der Waals surface area contributed by atoms with E-state index in [1.165, 1.54) is 4.31 Å². The zero-order valence-electron chi connectivity index (χ0n) is 12.3. The molecule has 0 radical (unpaired) electrons. The molecule has 0 spiro atoms. The molecule has 5 heteroatoms. The Bertz CT molecular complexity index is 739. The lowest BCUT2D eigenvalue weighted by Crippen LogP contribution is -2.27. The first-order valence-corrected chi connectivity index (χ1v) is 8.82. The number of nitrogens with zero attached hydrogens (tertiary/aromatic N) is 1. The maximum atomic E-state index is 12.7. The molecule has 0 saturated heterocycles. The van der Waals surface area contributed by atoms with Crippen LogP contribution in [0.2, 0.25) is 0 Å². The molecule has 2 aromatic carbocycles. The van der Waals surface area contributed by atoms with Gasteiger partial charge in [-0.25, -0.2) is 8.42 Å². The van der Waals surface area contributed by atoms with Crippen LogP contribution in [0.4, 0.5) is 0 Å². The summed E-state index contributed by atoms with van der Waals surface area (Å²) in [5, 5.41) is 0. The molecule has 0 N–H and O–H groups in total. The lowest BCUT2D eigenvalue weighted by Gasteiger charge is -2.19. The summed E-state index contributed by atoms with van der Waals surface area (Å²) in [5.74, 6) is 0. The predicted molar refractivity (Wildman–Crippen MR) is 88.7 cm³/mol. The lowest BCUT2D eigenvalue weighted by molar-refractivity contribution is 0.466. The van der Waals surface area contributed by atoms with Crippen LogP contribution < -0.4 is 0 Å². The van der Waals surface area contributed by atoms with Crippen LogP contribution in [0.25, 0.3) is 0 Å².